The maximum absolute atomic E-state index is 4.76. The average molecular weight is 308 g/mol. The molecule has 2 atom stereocenters. The number of aliphatic imine (C=N–C) groups is 2. The SMILES string of the molecule is C=C(C)C1NC(CC)=NC1/C=C/C1=Nc2ccccc2N(C)C1. The highest BCUT2D eigenvalue weighted by atomic mass is 15.1. The minimum atomic E-state index is 0.104. The molecule has 1 N–H and O–H groups in total. The summed E-state index contributed by atoms with van der Waals surface area (Å²) in [5.74, 6) is 1.06. The number of benzene rings is 1. The molecule has 0 fully saturated rings. The number of hydrogen-bond acceptors (Lipinski definition) is 4. The monoisotopic (exact) mass is 308 g/mol. The Labute approximate surface area is 138 Å². The molecule has 2 unspecified atom stereocenters. The molecule has 0 spiro atoms. The van der Waals surface area contributed by atoms with Crippen LogP contribution >= 0.6 is 0 Å². The van der Waals surface area contributed by atoms with E-state index in [4.69, 9.17) is 9.98 Å². The fourth-order valence-electron chi connectivity index (χ4n) is 3.02. The normalized spacial score (nSPS) is 23.3. The quantitative estimate of drug-likeness (QED) is 0.865. The van der Waals surface area contributed by atoms with Crippen molar-refractivity contribution in [1.29, 1.82) is 0 Å². The average Bonchev–Trinajstić information content (AvgIpc) is 2.97. The highest BCUT2D eigenvalue weighted by Crippen LogP contribution is 2.30. The van der Waals surface area contributed by atoms with Crippen molar-refractivity contribution >= 4 is 22.9 Å². The van der Waals surface area contributed by atoms with Crippen molar-refractivity contribution in [1.82, 2.24) is 5.32 Å². The molecule has 2 heterocycles. The fraction of sp³-hybridized carbons (Fsp3) is 0.368. The maximum atomic E-state index is 4.76. The molecule has 0 amide bonds. The molecule has 0 radical (unpaired) electrons. The number of nitrogens with zero attached hydrogens (tertiary/aromatic N) is 3. The van der Waals surface area contributed by atoms with Gasteiger partial charge in [0.15, 0.2) is 0 Å². The van der Waals surface area contributed by atoms with Gasteiger partial charge in [-0.1, -0.05) is 37.3 Å². The van der Waals surface area contributed by atoms with E-state index in [0.717, 1.165) is 35.8 Å². The summed E-state index contributed by atoms with van der Waals surface area (Å²) in [6.07, 6.45) is 5.18. The van der Waals surface area contributed by atoms with Crippen LogP contribution < -0.4 is 10.2 Å². The topological polar surface area (TPSA) is 40.0 Å². The summed E-state index contributed by atoms with van der Waals surface area (Å²) in [5, 5.41) is 3.45. The fourth-order valence-corrected chi connectivity index (χ4v) is 3.02. The lowest BCUT2D eigenvalue weighted by molar-refractivity contribution is 0.667. The Morgan fingerprint density at radius 3 is 2.96 bits per heavy atom. The van der Waals surface area contributed by atoms with Crippen molar-refractivity contribution in [3.8, 4) is 0 Å². The predicted octanol–water partition coefficient (Wildman–Crippen LogP) is 3.49. The highest BCUT2D eigenvalue weighted by molar-refractivity contribution is 6.03. The van der Waals surface area contributed by atoms with Crippen LogP contribution in [0.1, 0.15) is 20.3 Å². The molecule has 120 valence electrons. The zero-order valence-electron chi connectivity index (χ0n) is 14.1. The van der Waals surface area contributed by atoms with Gasteiger partial charge in [-0.15, -0.1) is 0 Å². The summed E-state index contributed by atoms with van der Waals surface area (Å²) in [4.78, 5) is 11.7. The van der Waals surface area contributed by atoms with Gasteiger partial charge >= 0.3 is 0 Å². The molecule has 0 saturated heterocycles. The van der Waals surface area contributed by atoms with E-state index in [1.54, 1.807) is 0 Å². The van der Waals surface area contributed by atoms with E-state index in [-0.39, 0.29) is 12.1 Å². The first-order valence-electron chi connectivity index (χ1n) is 8.13. The molecule has 1 aromatic rings. The second-order valence-electron chi connectivity index (χ2n) is 6.20. The third kappa shape index (κ3) is 3.21. The summed E-state index contributed by atoms with van der Waals surface area (Å²) in [6, 6.07) is 8.53. The van der Waals surface area contributed by atoms with Gasteiger partial charge < -0.3 is 10.2 Å². The van der Waals surface area contributed by atoms with Crippen molar-refractivity contribution in [3.63, 3.8) is 0 Å². The Morgan fingerprint density at radius 1 is 1.43 bits per heavy atom. The van der Waals surface area contributed by atoms with Gasteiger partial charge in [0.2, 0.25) is 0 Å². The molecular weight excluding hydrogens is 284 g/mol. The molecule has 23 heavy (non-hydrogen) atoms. The number of hydrogen-bond donors (Lipinski definition) is 1. The van der Waals surface area contributed by atoms with Crippen LogP contribution in [0.25, 0.3) is 0 Å². The molecule has 3 rings (SSSR count). The standard InChI is InChI=1S/C19H24N4/c1-5-18-21-16(19(22-18)13(2)3)11-10-14-12-23(4)17-9-7-6-8-15(17)20-14/h6-11,16,19H,2,5,12H2,1,3-4H3,(H,21,22)/b11-10+. The van der Waals surface area contributed by atoms with Crippen LogP contribution in [0.4, 0.5) is 11.4 Å². The van der Waals surface area contributed by atoms with E-state index in [1.807, 2.05) is 12.1 Å². The smallest absolute Gasteiger partial charge is 0.0974 e. The van der Waals surface area contributed by atoms with E-state index >= 15 is 0 Å². The molecule has 1 aromatic carbocycles. The molecule has 0 bridgehead atoms. The van der Waals surface area contributed by atoms with Crippen molar-refractivity contribution in [2.75, 3.05) is 18.5 Å². The van der Waals surface area contributed by atoms with Crippen LogP contribution in [-0.4, -0.2) is 37.2 Å². The van der Waals surface area contributed by atoms with Crippen molar-refractivity contribution in [3.05, 3.63) is 48.6 Å². The highest BCUT2D eigenvalue weighted by Gasteiger charge is 2.26. The summed E-state index contributed by atoms with van der Waals surface area (Å²) in [5.41, 5.74) is 4.38. The third-order valence-corrected chi connectivity index (χ3v) is 4.28. The summed E-state index contributed by atoms with van der Waals surface area (Å²) >= 11 is 0. The minimum absolute atomic E-state index is 0.104. The molecule has 0 aromatic heterocycles. The van der Waals surface area contributed by atoms with Gasteiger partial charge in [-0.3, -0.25) is 4.99 Å². The second-order valence-corrected chi connectivity index (χ2v) is 6.20. The van der Waals surface area contributed by atoms with Crippen LogP contribution in [-0.2, 0) is 0 Å². The number of para-hydroxylation sites is 2. The van der Waals surface area contributed by atoms with Crippen LogP contribution in [0.3, 0.4) is 0 Å². The van der Waals surface area contributed by atoms with E-state index < -0.39 is 0 Å². The van der Waals surface area contributed by atoms with Gasteiger partial charge in [0.25, 0.3) is 0 Å². The lowest BCUT2D eigenvalue weighted by Gasteiger charge is -2.25. The zero-order valence-corrected chi connectivity index (χ0v) is 14.1. The Balaban J connectivity index is 1.81. The molecule has 2 aliphatic rings. The number of rotatable bonds is 4. The summed E-state index contributed by atoms with van der Waals surface area (Å²) < 4.78 is 0. The lowest BCUT2D eigenvalue weighted by Crippen LogP contribution is -2.34. The van der Waals surface area contributed by atoms with Gasteiger partial charge in [-0.05, 0) is 25.1 Å². The molecule has 2 aliphatic heterocycles. The van der Waals surface area contributed by atoms with Gasteiger partial charge in [-0.25, -0.2) is 4.99 Å². The van der Waals surface area contributed by atoms with Gasteiger partial charge in [-0.2, -0.15) is 0 Å². The number of nitrogens with one attached hydrogen (secondary N) is 1. The van der Waals surface area contributed by atoms with Crippen LogP contribution in [0.5, 0.6) is 0 Å². The Hall–Kier alpha value is -2.36. The first-order valence-corrected chi connectivity index (χ1v) is 8.13. The number of amidine groups is 1. The largest absolute Gasteiger partial charge is 0.367 e. The molecule has 4 heteroatoms. The van der Waals surface area contributed by atoms with E-state index in [9.17, 15) is 0 Å². The van der Waals surface area contributed by atoms with E-state index in [1.165, 1.54) is 5.69 Å². The molecular formula is C19H24N4. The van der Waals surface area contributed by atoms with Gasteiger partial charge in [0, 0.05) is 13.5 Å². The van der Waals surface area contributed by atoms with Crippen LogP contribution in [0.2, 0.25) is 0 Å². The van der Waals surface area contributed by atoms with Gasteiger partial charge in [0.1, 0.15) is 0 Å². The maximum Gasteiger partial charge on any atom is 0.0974 e. The Kier molecular flexibility index (Phi) is 4.33. The van der Waals surface area contributed by atoms with Gasteiger partial charge in [0.05, 0.1) is 41.6 Å². The van der Waals surface area contributed by atoms with Crippen LogP contribution in [0.15, 0.2) is 58.6 Å². The number of anilines is 1. The number of fused-ring (bicyclic) bond motifs is 1. The third-order valence-electron chi connectivity index (χ3n) is 4.28. The molecule has 0 aliphatic carbocycles. The predicted molar refractivity (Wildman–Crippen MR) is 99.2 cm³/mol. The lowest BCUT2D eigenvalue weighted by atomic mass is 10.0. The summed E-state index contributed by atoms with van der Waals surface area (Å²) in [7, 11) is 2.10. The van der Waals surface area contributed by atoms with Crippen molar-refractivity contribution in [2.45, 2.75) is 32.4 Å². The Bertz CT molecular complexity index is 699. The van der Waals surface area contributed by atoms with Crippen LogP contribution in [0, 0.1) is 0 Å². The van der Waals surface area contributed by atoms with E-state index in [0.29, 0.717) is 0 Å². The van der Waals surface area contributed by atoms with Crippen molar-refractivity contribution < 1.29 is 0 Å². The zero-order chi connectivity index (χ0) is 16.4. The minimum Gasteiger partial charge on any atom is -0.367 e. The summed E-state index contributed by atoms with van der Waals surface area (Å²) in [6.45, 7) is 9.07. The molecule has 0 saturated carbocycles. The first kappa shape index (κ1) is 15.5. The second kappa shape index (κ2) is 6.41. The van der Waals surface area contributed by atoms with E-state index in [2.05, 4.69) is 62.0 Å². The van der Waals surface area contributed by atoms with Crippen molar-refractivity contribution in [2.24, 2.45) is 9.98 Å². The first-order chi connectivity index (χ1) is 11.1. The molecule has 4 nitrogen and oxygen atoms in total. The Morgan fingerprint density at radius 2 is 2.22 bits per heavy atom.